The number of nitrogens with one attached hydrogen (secondary N) is 2. The molecule has 8 nitrogen and oxygen atoms in total. The van der Waals surface area contributed by atoms with E-state index in [2.05, 4.69) is 21.8 Å². The van der Waals surface area contributed by atoms with Crippen LogP contribution in [0.25, 0.3) is 11.2 Å². The lowest BCUT2D eigenvalue weighted by atomic mass is 9.84. The molecule has 2 aliphatic rings. The predicted octanol–water partition coefficient (Wildman–Crippen LogP) is 3.43. The molecule has 3 aromatic rings. The van der Waals surface area contributed by atoms with Gasteiger partial charge in [-0.25, -0.2) is 14.5 Å². The van der Waals surface area contributed by atoms with Crippen LogP contribution in [0.3, 0.4) is 0 Å². The number of aliphatic hydroxyl groups is 1. The quantitative estimate of drug-likeness (QED) is 0.596. The van der Waals surface area contributed by atoms with E-state index in [1.807, 2.05) is 32.3 Å². The van der Waals surface area contributed by atoms with E-state index in [-0.39, 0.29) is 6.04 Å². The standard InChI is InChI=1S/C23H29N7O/c1-23(31)11-7-15(8-12-23)26-22-28-18-6-4-3-5-16(20(18)21(24-2)29-22)17-10-14-30-19(27-17)9-13-25-30/h5,9-10,13-15,31H,3-4,6-8,11-12H2,1-2H3,(H2,24,26,28,29). The minimum absolute atomic E-state index is 0.287. The van der Waals surface area contributed by atoms with Crippen LogP contribution >= 0.6 is 0 Å². The van der Waals surface area contributed by atoms with Crippen molar-refractivity contribution in [3.05, 3.63) is 47.6 Å². The first-order valence-electron chi connectivity index (χ1n) is 11.1. The Balaban J connectivity index is 1.49. The molecule has 3 N–H and O–H groups in total. The fourth-order valence-electron chi connectivity index (χ4n) is 4.60. The molecule has 1 saturated carbocycles. The Hall–Kier alpha value is -3.00. The maximum atomic E-state index is 10.2. The summed E-state index contributed by atoms with van der Waals surface area (Å²) < 4.78 is 1.77. The monoisotopic (exact) mass is 419 g/mol. The highest BCUT2D eigenvalue weighted by atomic mass is 16.3. The van der Waals surface area contributed by atoms with Crippen LogP contribution < -0.4 is 10.6 Å². The molecule has 0 amide bonds. The van der Waals surface area contributed by atoms with Crippen molar-refractivity contribution in [2.75, 3.05) is 17.7 Å². The zero-order chi connectivity index (χ0) is 21.4. The van der Waals surface area contributed by atoms with E-state index in [1.165, 1.54) is 0 Å². The number of hydrogen-bond donors (Lipinski definition) is 3. The molecule has 5 rings (SSSR count). The van der Waals surface area contributed by atoms with Gasteiger partial charge in [0.1, 0.15) is 5.82 Å². The van der Waals surface area contributed by atoms with Crippen LogP contribution in [0.15, 0.2) is 30.6 Å². The van der Waals surface area contributed by atoms with Gasteiger partial charge in [-0.15, -0.1) is 0 Å². The highest BCUT2D eigenvalue weighted by molar-refractivity contribution is 5.86. The Morgan fingerprint density at radius 2 is 2.00 bits per heavy atom. The summed E-state index contributed by atoms with van der Waals surface area (Å²) in [5.74, 6) is 1.48. The predicted molar refractivity (Wildman–Crippen MR) is 121 cm³/mol. The van der Waals surface area contributed by atoms with Crippen molar-refractivity contribution in [3.8, 4) is 0 Å². The first-order valence-corrected chi connectivity index (χ1v) is 11.1. The maximum absolute atomic E-state index is 10.2. The van der Waals surface area contributed by atoms with Gasteiger partial charge in [0.25, 0.3) is 0 Å². The fourth-order valence-corrected chi connectivity index (χ4v) is 4.60. The molecule has 162 valence electrons. The van der Waals surface area contributed by atoms with Crippen molar-refractivity contribution in [2.24, 2.45) is 0 Å². The van der Waals surface area contributed by atoms with Crippen molar-refractivity contribution < 1.29 is 5.11 Å². The molecule has 0 bridgehead atoms. The third-order valence-corrected chi connectivity index (χ3v) is 6.39. The largest absolute Gasteiger partial charge is 0.390 e. The van der Waals surface area contributed by atoms with Crippen LogP contribution in [-0.2, 0) is 6.42 Å². The fraction of sp³-hybridized carbons (Fsp3) is 0.478. The zero-order valence-corrected chi connectivity index (χ0v) is 18.1. The summed E-state index contributed by atoms with van der Waals surface area (Å²) in [6.45, 7) is 1.92. The van der Waals surface area contributed by atoms with Gasteiger partial charge in [-0.1, -0.05) is 6.08 Å². The number of allylic oxidation sites excluding steroid dienone is 1. The Morgan fingerprint density at radius 1 is 1.16 bits per heavy atom. The van der Waals surface area contributed by atoms with Gasteiger partial charge in [-0.2, -0.15) is 10.1 Å². The Morgan fingerprint density at radius 3 is 2.81 bits per heavy atom. The van der Waals surface area contributed by atoms with Crippen LogP contribution in [0.1, 0.15) is 62.4 Å². The molecule has 0 spiro atoms. The number of aromatic nitrogens is 5. The highest BCUT2D eigenvalue weighted by Crippen LogP contribution is 2.35. The first-order chi connectivity index (χ1) is 15.0. The molecule has 3 heterocycles. The minimum atomic E-state index is -0.549. The normalized spacial score (nSPS) is 23.7. The average molecular weight is 420 g/mol. The number of fused-ring (bicyclic) bond motifs is 2. The van der Waals surface area contributed by atoms with E-state index in [0.717, 1.165) is 78.9 Å². The van der Waals surface area contributed by atoms with E-state index in [1.54, 1.807) is 10.7 Å². The molecule has 8 heteroatoms. The molecule has 0 radical (unpaired) electrons. The van der Waals surface area contributed by atoms with E-state index < -0.39 is 5.60 Å². The smallest absolute Gasteiger partial charge is 0.225 e. The Kier molecular flexibility index (Phi) is 5.09. The SMILES string of the molecule is CNc1nc(NC2CCC(C)(O)CC2)nc2c1C(c1ccn3nccc3n1)=CCCC2. The number of anilines is 2. The van der Waals surface area contributed by atoms with Gasteiger partial charge in [0.15, 0.2) is 5.65 Å². The summed E-state index contributed by atoms with van der Waals surface area (Å²) in [5.41, 5.74) is 4.33. The summed E-state index contributed by atoms with van der Waals surface area (Å²) in [7, 11) is 1.90. The van der Waals surface area contributed by atoms with Gasteiger partial charge >= 0.3 is 0 Å². The van der Waals surface area contributed by atoms with Gasteiger partial charge in [0, 0.05) is 36.5 Å². The molecule has 0 aromatic carbocycles. The van der Waals surface area contributed by atoms with Crippen molar-refractivity contribution in [1.29, 1.82) is 0 Å². The number of hydrogen-bond acceptors (Lipinski definition) is 7. The van der Waals surface area contributed by atoms with Crippen LogP contribution in [0.4, 0.5) is 11.8 Å². The van der Waals surface area contributed by atoms with Crippen molar-refractivity contribution in [2.45, 2.75) is 63.5 Å². The molecule has 0 atom stereocenters. The van der Waals surface area contributed by atoms with Gasteiger partial charge < -0.3 is 15.7 Å². The highest BCUT2D eigenvalue weighted by Gasteiger charge is 2.29. The summed E-state index contributed by atoms with van der Waals surface area (Å²) >= 11 is 0. The molecule has 2 aliphatic carbocycles. The second-order valence-corrected chi connectivity index (χ2v) is 8.84. The molecule has 3 aromatic heterocycles. The van der Waals surface area contributed by atoms with Crippen LogP contribution in [0.2, 0.25) is 0 Å². The molecule has 0 aliphatic heterocycles. The number of nitrogens with zero attached hydrogens (tertiary/aromatic N) is 5. The Labute approximate surface area is 181 Å². The van der Waals surface area contributed by atoms with Gasteiger partial charge in [-0.3, -0.25) is 0 Å². The van der Waals surface area contributed by atoms with E-state index >= 15 is 0 Å². The Bertz CT molecular complexity index is 1120. The van der Waals surface area contributed by atoms with E-state index in [9.17, 15) is 5.11 Å². The van der Waals surface area contributed by atoms with E-state index in [0.29, 0.717) is 5.95 Å². The second kappa shape index (κ2) is 7.92. The molecule has 1 fully saturated rings. The van der Waals surface area contributed by atoms with Crippen molar-refractivity contribution in [1.82, 2.24) is 24.6 Å². The van der Waals surface area contributed by atoms with E-state index in [4.69, 9.17) is 15.0 Å². The first kappa shape index (κ1) is 19.9. The molecule has 31 heavy (non-hydrogen) atoms. The lowest BCUT2D eigenvalue weighted by Crippen LogP contribution is -2.36. The zero-order valence-electron chi connectivity index (χ0n) is 18.1. The third kappa shape index (κ3) is 3.99. The minimum Gasteiger partial charge on any atom is -0.390 e. The van der Waals surface area contributed by atoms with Crippen LogP contribution in [0.5, 0.6) is 0 Å². The molecule has 0 saturated heterocycles. The lowest BCUT2D eigenvalue weighted by molar-refractivity contribution is 0.0195. The van der Waals surface area contributed by atoms with Crippen LogP contribution in [0, 0.1) is 0 Å². The van der Waals surface area contributed by atoms with Crippen molar-refractivity contribution in [3.63, 3.8) is 0 Å². The molecular formula is C23H29N7O. The topological polar surface area (TPSA) is 100 Å². The number of rotatable bonds is 4. The number of aryl methyl sites for hydroxylation is 1. The van der Waals surface area contributed by atoms with Gasteiger partial charge in [0.2, 0.25) is 5.95 Å². The second-order valence-electron chi connectivity index (χ2n) is 8.84. The molecular weight excluding hydrogens is 390 g/mol. The molecule has 0 unspecified atom stereocenters. The maximum Gasteiger partial charge on any atom is 0.225 e. The summed E-state index contributed by atoms with van der Waals surface area (Å²) in [6.07, 6.45) is 12.3. The summed E-state index contributed by atoms with van der Waals surface area (Å²) in [6, 6.07) is 4.20. The van der Waals surface area contributed by atoms with Gasteiger partial charge in [-0.05, 0) is 57.9 Å². The van der Waals surface area contributed by atoms with Gasteiger partial charge in [0.05, 0.1) is 23.2 Å². The van der Waals surface area contributed by atoms with Crippen molar-refractivity contribution >= 4 is 23.0 Å². The average Bonchev–Trinajstić information content (AvgIpc) is 3.13. The van der Waals surface area contributed by atoms with Crippen LogP contribution in [-0.4, -0.2) is 48.4 Å². The lowest BCUT2D eigenvalue weighted by Gasteiger charge is -2.33. The summed E-state index contributed by atoms with van der Waals surface area (Å²) in [4.78, 5) is 14.6. The summed E-state index contributed by atoms with van der Waals surface area (Å²) in [5, 5.41) is 21.3. The third-order valence-electron chi connectivity index (χ3n) is 6.39.